The van der Waals surface area contributed by atoms with Crippen molar-refractivity contribution in [2.24, 2.45) is 0 Å². The lowest BCUT2D eigenvalue weighted by Crippen LogP contribution is -2.61. The van der Waals surface area contributed by atoms with Crippen LogP contribution in [0.1, 0.15) is 11.1 Å². The monoisotopic (exact) mass is 624 g/mol. The van der Waals surface area contributed by atoms with E-state index in [1.807, 2.05) is 38.1 Å². The minimum Gasteiger partial charge on any atom is -0.456 e. The Hall–Kier alpha value is -5.88. The van der Waals surface area contributed by atoms with Gasteiger partial charge in [0.05, 0.1) is 0 Å². The molecule has 1 aromatic heterocycles. The number of anilines is 6. The van der Waals surface area contributed by atoms with Gasteiger partial charge in [-0.05, 0) is 125 Å². The van der Waals surface area contributed by atoms with Gasteiger partial charge in [0, 0.05) is 44.9 Å². The topological polar surface area (TPSA) is 19.6 Å². The molecule has 0 amide bonds. The summed E-state index contributed by atoms with van der Waals surface area (Å²) in [5, 5.41) is 4.41. The van der Waals surface area contributed by atoms with Gasteiger partial charge in [0.2, 0.25) is 0 Å². The van der Waals surface area contributed by atoms with Gasteiger partial charge in [-0.1, -0.05) is 54.6 Å². The maximum Gasteiger partial charge on any atom is 0.253 e. The predicted molar refractivity (Wildman–Crippen MR) is 195 cm³/mol. The summed E-state index contributed by atoms with van der Waals surface area (Å²) >= 11 is 0. The molecule has 0 saturated heterocycles. The molecule has 2 aliphatic heterocycles. The van der Waals surface area contributed by atoms with Gasteiger partial charge >= 0.3 is 0 Å². The highest BCUT2D eigenvalue weighted by molar-refractivity contribution is 7.02. The quantitative estimate of drug-likeness (QED) is 0.179. The zero-order valence-electron chi connectivity index (χ0n) is 26.3. The van der Waals surface area contributed by atoms with Gasteiger partial charge in [0.15, 0.2) is 0 Å². The first-order valence-electron chi connectivity index (χ1n) is 16.2. The lowest BCUT2D eigenvalue weighted by Gasteiger charge is -2.44. The number of para-hydroxylation sites is 1. The molecule has 0 unspecified atom stereocenters. The maximum atomic E-state index is 14.6. The SMILES string of the molecule is Cc1cc(F)ccc1N1c2cc3ccccc3cc2B2c3c1cccc3N(c1ccc(F)cc1C)c1ccc3oc4ccccc4c3c12. The number of aryl methyl sites for hydroxylation is 2. The Morgan fingerprint density at radius 3 is 1.77 bits per heavy atom. The fourth-order valence-corrected chi connectivity index (χ4v) is 8.19. The van der Waals surface area contributed by atoms with Gasteiger partial charge in [-0.3, -0.25) is 0 Å². The van der Waals surface area contributed by atoms with Gasteiger partial charge in [0.1, 0.15) is 22.8 Å². The van der Waals surface area contributed by atoms with E-state index in [-0.39, 0.29) is 18.3 Å². The number of benzene rings is 7. The first kappa shape index (κ1) is 27.3. The Bertz CT molecular complexity index is 2660. The van der Waals surface area contributed by atoms with Crippen LogP contribution in [0.25, 0.3) is 32.7 Å². The third-order valence-corrected chi connectivity index (χ3v) is 10.2. The van der Waals surface area contributed by atoms with E-state index in [0.29, 0.717) is 0 Å². The summed E-state index contributed by atoms with van der Waals surface area (Å²) in [7, 11) is 0. The third-order valence-electron chi connectivity index (χ3n) is 10.2. The first-order valence-corrected chi connectivity index (χ1v) is 16.2. The number of nitrogens with zero attached hydrogens (tertiary/aromatic N) is 2. The summed E-state index contributed by atoms with van der Waals surface area (Å²) in [5.41, 5.74) is 12.7. The highest BCUT2D eigenvalue weighted by Crippen LogP contribution is 2.47. The Morgan fingerprint density at radius 1 is 0.500 bits per heavy atom. The van der Waals surface area contributed by atoms with Crippen molar-refractivity contribution in [3.63, 3.8) is 0 Å². The van der Waals surface area contributed by atoms with Crippen molar-refractivity contribution in [1.82, 2.24) is 0 Å². The molecule has 6 heteroatoms. The van der Waals surface area contributed by atoms with Crippen molar-refractivity contribution in [2.45, 2.75) is 13.8 Å². The zero-order chi connectivity index (χ0) is 32.3. The number of furan rings is 1. The Labute approximate surface area is 276 Å². The second kappa shape index (κ2) is 9.82. The Kier molecular flexibility index (Phi) is 5.57. The largest absolute Gasteiger partial charge is 0.456 e. The summed E-state index contributed by atoms with van der Waals surface area (Å²) in [6.45, 7) is 3.77. The van der Waals surface area contributed by atoms with Crippen molar-refractivity contribution in [1.29, 1.82) is 0 Å². The molecule has 0 bridgehead atoms. The first-order chi connectivity index (χ1) is 23.5. The number of fused-ring (bicyclic) bond motifs is 9. The van der Waals surface area contributed by atoms with Crippen LogP contribution < -0.4 is 26.2 Å². The van der Waals surface area contributed by atoms with E-state index < -0.39 is 0 Å². The highest BCUT2D eigenvalue weighted by Gasteiger charge is 2.45. The van der Waals surface area contributed by atoms with Crippen LogP contribution in [0.15, 0.2) is 132 Å². The number of halogens is 2. The van der Waals surface area contributed by atoms with E-state index in [1.54, 1.807) is 12.1 Å². The van der Waals surface area contributed by atoms with E-state index in [0.717, 1.165) is 94.4 Å². The predicted octanol–water partition coefficient (Wildman–Crippen LogP) is 9.72. The second-order valence-electron chi connectivity index (χ2n) is 12.9. The molecular formula is C42H27BF2N2O. The smallest absolute Gasteiger partial charge is 0.253 e. The van der Waals surface area contributed by atoms with E-state index >= 15 is 0 Å². The van der Waals surface area contributed by atoms with Crippen molar-refractivity contribution >= 4 is 89.9 Å². The molecule has 3 nitrogen and oxygen atoms in total. The number of hydrogen-bond donors (Lipinski definition) is 0. The van der Waals surface area contributed by atoms with Crippen molar-refractivity contribution in [3.8, 4) is 0 Å². The van der Waals surface area contributed by atoms with Crippen LogP contribution in [0.2, 0.25) is 0 Å². The van der Waals surface area contributed by atoms with Gasteiger partial charge in [-0.2, -0.15) is 0 Å². The second-order valence-corrected chi connectivity index (χ2v) is 12.9. The molecule has 7 aromatic carbocycles. The Morgan fingerprint density at radius 2 is 1.08 bits per heavy atom. The molecule has 0 aliphatic carbocycles. The van der Waals surface area contributed by atoms with E-state index in [1.165, 1.54) is 12.1 Å². The van der Waals surface area contributed by atoms with Crippen LogP contribution in [0, 0.1) is 25.5 Å². The number of rotatable bonds is 2. The lowest BCUT2D eigenvalue weighted by molar-refractivity contribution is 0.626. The van der Waals surface area contributed by atoms with Crippen LogP contribution in [0.4, 0.5) is 42.9 Å². The molecule has 0 saturated carbocycles. The van der Waals surface area contributed by atoms with E-state index in [9.17, 15) is 8.78 Å². The molecule has 0 radical (unpaired) electrons. The summed E-state index contributed by atoms with van der Waals surface area (Å²) in [6, 6.07) is 41.9. The van der Waals surface area contributed by atoms with Gasteiger partial charge in [-0.25, -0.2) is 8.78 Å². The third kappa shape index (κ3) is 3.68. The standard InChI is InChI=1S/C42H27BF2N2O/c1-24-20-28(44)14-16-32(24)46-34-11-7-12-35-41(34)43(42-36(46)18-19-39-40(42)30-10-5-6-13-38(30)48-39)31-22-26-8-3-4-9-27(26)23-37(31)47(35)33-17-15-29(45)21-25(33)2/h3-23H,1-2H3. The molecule has 2 aliphatic rings. The van der Waals surface area contributed by atoms with Crippen molar-refractivity contribution in [3.05, 3.63) is 150 Å². The summed E-state index contributed by atoms with van der Waals surface area (Å²) < 4.78 is 35.6. The maximum absolute atomic E-state index is 14.6. The molecule has 0 spiro atoms. The van der Waals surface area contributed by atoms with E-state index in [4.69, 9.17) is 4.42 Å². The van der Waals surface area contributed by atoms with Gasteiger partial charge in [0.25, 0.3) is 6.71 Å². The average Bonchev–Trinajstić information content (AvgIpc) is 3.47. The van der Waals surface area contributed by atoms with Crippen molar-refractivity contribution < 1.29 is 13.2 Å². The normalized spacial score (nSPS) is 13.3. The Balaban J connectivity index is 1.40. The molecule has 3 heterocycles. The lowest BCUT2D eigenvalue weighted by atomic mass is 9.33. The summed E-state index contributed by atoms with van der Waals surface area (Å²) in [5.74, 6) is -0.530. The van der Waals surface area contributed by atoms with E-state index in [2.05, 4.69) is 88.7 Å². The van der Waals surface area contributed by atoms with Crippen LogP contribution in [0.5, 0.6) is 0 Å². The molecule has 0 fully saturated rings. The van der Waals surface area contributed by atoms with Crippen LogP contribution >= 0.6 is 0 Å². The molecule has 48 heavy (non-hydrogen) atoms. The molecule has 0 atom stereocenters. The van der Waals surface area contributed by atoms with Gasteiger partial charge in [-0.15, -0.1) is 0 Å². The van der Waals surface area contributed by atoms with Crippen LogP contribution in [0.3, 0.4) is 0 Å². The molecular weight excluding hydrogens is 597 g/mol. The average molecular weight is 624 g/mol. The molecule has 8 aromatic rings. The summed E-state index contributed by atoms with van der Waals surface area (Å²) in [4.78, 5) is 4.57. The molecule has 0 N–H and O–H groups in total. The van der Waals surface area contributed by atoms with Crippen LogP contribution in [-0.4, -0.2) is 6.71 Å². The minimum absolute atomic E-state index is 0.149. The van der Waals surface area contributed by atoms with Gasteiger partial charge < -0.3 is 14.2 Å². The fraction of sp³-hybridized carbons (Fsp3) is 0.0476. The van der Waals surface area contributed by atoms with Crippen molar-refractivity contribution in [2.75, 3.05) is 9.80 Å². The highest BCUT2D eigenvalue weighted by atomic mass is 19.1. The fourth-order valence-electron chi connectivity index (χ4n) is 8.19. The zero-order valence-corrected chi connectivity index (χ0v) is 26.3. The minimum atomic E-state index is -0.267. The van der Waals surface area contributed by atoms with Crippen LogP contribution in [-0.2, 0) is 0 Å². The summed E-state index contributed by atoms with van der Waals surface area (Å²) in [6.07, 6.45) is 0. The number of hydrogen-bond acceptors (Lipinski definition) is 3. The molecule has 10 rings (SSSR count). The molecule has 228 valence electrons.